The van der Waals surface area contributed by atoms with E-state index in [2.05, 4.69) is 38.1 Å². The van der Waals surface area contributed by atoms with Gasteiger partial charge in [-0.1, -0.05) is 24.1 Å². The SMILES string of the molecule is CC#CCn1c(=O)n(Cc2ccccc2C#N)c2nc(Cl)nc(N3CCNCC3)c21.O=C(O)C(F)(F)F. The van der Waals surface area contributed by atoms with Crippen LogP contribution >= 0.6 is 11.6 Å². The van der Waals surface area contributed by atoms with Gasteiger partial charge in [0.1, 0.15) is 5.52 Å². The summed E-state index contributed by atoms with van der Waals surface area (Å²) in [5.41, 5.74) is 2.05. The Hall–Kier alpha value is -4.07. The van der Waals surface area contributed by atoms with E-state index in [9.17, 15) is 23.2 Å². The Morgan fingerprint density at radius 3 is 2.46 bits per heavy atom. The first kappa shape index (κ1) is 27.5. The summed E-state index contributed by atoms with van der Waals surface area (Å²) in [5, 5.41) is 20.0. The van der Waals surface area contributed by atoms with Gasteiger partial charge < -0.3 is 15.3 Å². The monoisotopic (exact) mass is 535 g/mol. The predicted octanol–water partition coefficient (Wildman–Crippen LogP) is 2.23. The van der Waals surface area contributed by atoms with Crippen molar-refractivity contribution in [2.45, 2.75) is 26.2 Å². The van der Waals surface area contributed by atoms with Gasteiger partial charge in [0.2, 0.25) is 5.28 Å². The smallest absolute Gasteiger partial charge is 0.475 e. The average Bonchev–Trinajstić information content (AvgIpc) is 3.13. The molecule has 1 saturated heterocycles. The Balaban J connectivity index is 0.000000479. The fourth-order valence-corrected chi connectivity index (χ4v) is 3.81. The molecule has 14 heteroatoms. The Labute approximate surface area is 213 Å². The van der Waals surface area contributed by atoms with Gasteiger partial charge in [0.25, 0.3) is 0 Å². The number of hydrogen-bond acceptors (Lipinski definition) is 7. The average molecular weight is 536 g/mol. The highest BCUT2D eigenvalue weighted by Gasteiger charge is 2.38. The number of anilines is 1. The summed E-state index contributed by atoms with van der Waals surface area (Å²) in [6, 6.07) is 9.39. The van der Waals surface area contributed by atoms with E-state index in [1.54, 1.807) is 28.2 Å². The van der Waals surface area contributed by atoms with Crippen LogP contribution in [0.4, 0.5) is 19.0 Å². The molecule has 2 N–H and O–H groups in total. The third-order valence-corrected chi connectivity index (χ3v) is 5.52. The number of hydrogen-bond donors (Lipinski definition) is 2. The number of aliphatic carboxylic acids is 1. The standard InChI is InChI=1S/C21H20ClN7O.C2HF3O2/c1-2-3-10-28-17-18(27-11-8-24-9-12-27)25-20(22)26-19(17)29(21(28)30)14-16-7-5-4-6-15(16)13-23;3-2(4,5)1(6)7/h4-7,24H,8-12,14H2,1H3;(H,6,7). The molecule has 3 heterocycles. The highest BCUT2D eigenvalue weighted by atomic mass is 35.5. The quantitative estimate of drug-likeness (QED) is 0.384. The molecular formula is C23H21ClF3N7O3. The van der Waals surface area contributed by atoms with Crippen LogP contribution in [0.25, 0.3) is 11.2 Å². The molecule has 2 aromatic heterocycles. The van der Waals surface area contributed by atoms with Crippen LogP contribution in [0, 0.1) is 23.2 Å². The van der Waals surface area contributed by atoms with Gasteiger partial charge in [-0.25, -0.2) is 9.59 Å². The molecule has 0 radical (unpaired) electrons. The lowest BCUT2D eigenvalue weighted by atomic mass is 10.1. The van der Waals surface area contributed by atoms with Gasteiger partial charge in [-0.05, 0) is 30.2 Å². The van der Waals surface area contributed by atoms with Gasteiger partial charge in [-0.2, -0.15) is 28.4 Å². The van der Waals surface area contributed by atoms with Crippen LogP contribution in [0.2, 0.25) is 5.28 Å². The summed E-state index contributed by atoms with van der Waals surface area (Å²) < 4.78 is 34.9. The highest BCUT2D eigenvalue weighted by molar-refractivity contribution is 6.28. The van der Waals surface area contributed by atoms with Gasteiger partial charge in [0, 0.05) is 26.2 Å². The summed E-state index contributed by atoms with van der Waals surface area (Å²) in [6.07, 6.45) is -5.08. The fourth-order valence-electron chi connectivity index (χ4n) is 3.65. The second-order valence-corrected chi connectivity index (χ2v) is 8.02. The molecular weight excluding hydrogens is 515 g/mol. The van der Waals surface area contributed by atoms with Crippen molar-refractivity contribution in [2.75, 3.05) is 31.1 Å². The topological polar surface area (TPSA) is 129 Å². The Kier molecular flexibility index (Phi) is 8.76. The van der Waals surface area contributed by atoms with E-state index in [-0.39, 0.29) is 24.1 Å². The van der Waals surface area contributed by atoms with Crippen LogP contribution in [-0.4, -0.2) is 62.5 Å². The van der Waals surface area contributed by atoms with Crippen LogP contribution in [0.5, 0.6) is 0 Å². The Morgan fingerprint density at radius 2 is 1.86 bits per heavy atom. The van der Waals surface area contributed by atoms with Crippen molar-refractivity contribution in [3.05, 3.63) is 51.2 Å². The van der Waals surface area contributed by atoms with E-state index in [4.69, 9.17) is 21.5 Å². The third kappa shape index (κ3) is 6.39. The zero-order chi connectivity index (χ0) is 27.2. The number of halogens is 4. The van der Waals surface area contributed by atoms with E-state index in [0.29, 0.717) is 22.5 Å². The first-order valence-electron chi connectivity index (χ1n) is 10.9. The van der Waals surface area contributed by atoms with Crippen LogP contribution in [0.15, 0.2) is 29.1 Å². The number of rotatable bonds is 4. The van der Waals surface area contributed by atoms with Crippen molar-refractivity contribution >= 4 is 34.6 Å². The van der Waals surface area contributed by atoms with Gasteiger partial charge in [-0.3, -0.25) is 9.13 Å². The Morgan fingerprint density at radius 1 is 1.22 bits per heavy atom. The largest absolute Gasteiger partial charge is 0.490 e. The van der Waals surface area contributed by atoms with Gasteiger partial charge in [0.15, 0.2) is 11.5 Å². The summed E-state index contributed by atoms with van der Waals surface area (Å²) in [7, 11) is 0. The first-order chi connectivity index (χ1) is 17.6. The number of fused-ring (bicyclic) bond motifs is 1. The second kappa shape index (κ2) is 11.8. The number of carboxylic acid groups (broad SMARTS) is 1. The number of imidazole rings is 1. The molecule has 0 bridgehead atoms. The number of aromatic nitrogens is 4. The van der Waals surface area contributed by atoms with Crippen molar-refractivity contribution in [3.63, 3.8) is 0 Å². The number of nitriles is 1. The molecule has 3 aromatic rings. The third-order valence-electron chi connectivity index (χ3n) is 5.35. The molecule has 1 fully saturated rings. The predicted molar refractivity (Wildman–Crippen MR) is 129 cm³/mol. The number of nitrogens with one attached hydrogen (secondary N) is 1. The van der Waals surface area contributed by atoms with Crippen molar-refractivity contribution < 1.29 is 23.1 Å². The summed E-state index contributed by atoms with van der Waals surface area (Å²) >= 11 is 6.27. The molecule has 1 aliphatic heterocycles. The number of piperazine rings is 1. The fraction of sp³-hybridized carbons (Fsp3) is 0.348. The molecule has 0 atom stereocenters. The van der Waals surface area contributed by atoms with E-state index in [1.807, 2.05) is 12.1 Å². The van der Waals surface area contributed by atoms with Gasteiger partial charge in [-0.15, -0.1) is 5.92 Å². The minimum atomic E-state index is -5.08. The first-order valence-corrected chi connectivity index (χ1v) is 11.3. The van der Waals surface area contributed by atoms with Gasteiger partial charge in [0.05, 0.1) is 24.7 Å². The lowest BCUT2D eigenvalue weighted by molar-refractivity contribution is -0.192. The van der Waals surface area contributed by atoms with Gasteiger partial charge >= 0.3 is 17.8 Å². The number of carbonyl (C=O) groups is 1. The number of carboxylic acids is 1. The zero-order valence-electron chi connectivity index (χ0n) is 19.5. The van der Waals surface area contributed by atoms with Crippen LogP contribution in [0.1, 0.15) is 18.1 Å². The maximum absolute atomic E-state index is 13.4. The summed E-state index contributed by atoms with van der Waals surface area (Å²) in [6.45, 7) is 5.30. The number of benzene rings is 1. The van der Waals surface area contributed by atoms with Crippen molar-refractivity contribution in [1.82, 2.24) is 24.4 Å². The molecule has 37 heavy (non-hydrogen) atoms. The van der Waals surface area contributed by atoms with E-state index in [1.165, 1.54) is 0 Å². The Bertz CT molecular complexity index is 1460. The molecule has 1 aromatic carbocycles. The maximum atomic E-state index is 13.4. The molecule has 0 spiro atoms. The molecule has 0 saturated carbocycles. The summed E-state index contributed by atoms with van der Waals surface area (Å²) in [4.78, 5) is 33.2. The van der Waals surface area contributed by atoms with E-state index >= 15 is 0 Å². The maximum Gasteiger partial charge on any atom is 0.490 e. The molecule has 0 amide bonds. The molecule has 0 unspecified atom stereocenters. The molecule has 4 rings (SSSR count). The minimum absolute atomic E-state index is 0.0806. The van der Waals surface area contributed by atoms with Crippen LogP contribution in [-0.2, 0) is 17.9 Å². The highest BCUT2D eigenvalue weighted by Crippen LogP contribution is 2.26. The second-order valence-electron chi connectivity index (χ2n) is 7.68. The van der Waals surface area contributed by atoms with E-state index < -0.39 is 12.1 Å². The zero-order valence-corrected chi connectivity index (χ0v) is 20.3. The molecule has 194 valence electrons. The minimum Gasteiger partial charge on any atom is -0.475 e. The lowest BCUT2D eigenvalue weighted by Crippen LogP contribution is -2.44. The van der Waals surface area contributed by atoms with Crippen molar-refractivity contribution in [1.29, 1.82) is 5.26 Å². The normalized spacial score (nSPS) is 13.2. The van der Waals surface area contributed by atoms with Crippen molar-refractivity contribution in [3.8, 4) is 17.9 Å². The van der Waals surface area contributed by atoms with E-state index in [0.717, 1.165) is 31.7 Å². The molecule has 1 aliphatic rings. The number of alkyl halides is 3. The van der Waals surface area contributed by atoms with Crippen LogP contribution < -0.4 is 15.9 Å². The lowest BCUT2D eigenvalue weighted by Gasteiger charge is -2.28. The van der Waals surface area contributed by atoms with Crippen LogP contribution in [0.3, 0.4) is 0 Å². The summed E-state index contributed by atoms with van der Waals surface area (Å²) in [5.74, 6) is 3.69. The van der Waals surface area contributed by atoms with Crippen molar-refractivity contribution in [2.24, 2.45) is 0 Å². The number of nitrogens with zero attached hydrogens (tertiary/aromatic N) is 6. The molecule has 0 aliphatic carbocycles. The molecule has 10 nitrogen and oxygen atoms in total.